The highest BCUT2D eigenvalue weighted by molar-refractivity contribution is 6.30. The molecule has 2 rings (SSSR count). The topological polar surface area (TPSA) is 29.5 Å². The molecule has 0 bridgehead atoms. The van der Waals surface area contributed by atoms with Crippen LogP contribution in [0.1, 0.15) is 38.3 Å². The maximum absolute atomic E-state index is 10.2. The first kappa shape index (κ1) is 13.7. The van der Waals surface area contributed by atoms with E-state index in [4.69, 9.17) is 16.3 Å². The van der Waals surface area contributed by atoms with E-state index < -0.39 is 0 Å². The highest BCUT2D eigenvalue weighted by atomic mass is 35.5. The Balaban J connectivity index is 2.14. The molecule has 0 saturated carbocycles. The van der Waals surface area contributed by atoms with Gasteiger partial charge in [0.25, 0.3) is 0 Å². The Morgan fingerprint density at radius 1 is 1.39 bits per heavy atom. The number of halogens is 1. The normalized spacial score (nSPS) is 16.3. The van der Waals surface area contributed by atoms with Crippen LogP contribution in [0.3, 0.4) is 0 Å². The minimum absolute atomic E-state index is 0.127. The zero-order chi connectivity index (χ0) is 13.3. The van der Waals surface area contributed by atoms with Crippen LogP contribution < -0.4 is 4.74 Å². The number of aliphatic hydroxyl groups excluding tert-OH is 1. The summed E-state index contributed by atoms with van der Waals surface area (Å²) in [6.45, 7) is 7.12. The summed E-state index contributed by atoms with van der Waals surface area (Å²) in [5, 5.41) is 10.9. The molecule has 1 aliphatic rings. The third-order valence-electron chi connectivity index (χ3n) is 3.13. The largest absolute Gasteiger partial charge is 0.493 e. The smallest absolute Gasteiger partial charge is 0.126 e. The van der Waals surface area contributed by atoms with Crippen LogP contribution in [0.25, 0.3) is 0 Å². The number of rotatable bonds is 3. The van der Waals surface area contributed by atoms with Crippen molar-refractivity contribution in [2.24, 2.45) is 5.41 Å². The van der Waals surface area contributed by atoms with Crippen LogP contribution >= 0.6 is 11.6 Å². The van der Waals surface area contributed by atoms with Crippen molar-refractivity contribution in [2.45, 2.75) is 46.1 Å². The summed E-state index contributed by atoms with van der Waals surface area (Å²) >= 11 is 6.11. The molecule has 0 amide bonds. The van der Waals surface area contributed by atoms with Gasteiger partial charge in [0.2, 0.25) is 0 Å². The maximum atomic E-state index is 10.2. The van der Waals surface area contributed by atoms with Gasteiger partial charge in [0.1, 0.15) is 5.75 Å². The fraction of sp³-hybridized carbons (Fsp3) is 0.600. The van der Waals surface area contributed by atoms with Crippen molar-refractivity contribution < 1.29 is 9.84 Å². The van der Waals surface area contributed by atoms with E-state index in [2.05, 4.69) is 20.8 Å². The van der Waals surface area contributed by atoms with E-state index in [1.54, 1.807) is 0 Å². The molecule has 0 fully saturated rings. The van der Waals surface area contributed by atoms with Crippen molar-refractivity contribution in [3.8, 4) is 5.75 Å². The summed E-state index contributed by atoms with van der Waals surface area (Å²) in [4.78, 5) is 0. The molecule has 0 spiro atoms. The molecule has 18 heavy (non-hydrogen) atoms. The molecule has 1 unspecified atom stereocenters. The summed E-state index contributed by atoms with van der Waals surface area (Å²) in [7, 11) is 0. The number of fused-ring (bicyclic) bond motifs is 1. The third kappa shape index (κ3) is 3.39. The van der Waals surface area contributed by atoms with Gasteiger partial charge < -0.3 is 9.84 Å². The van der Waals surface area contributed by atoms with E-state index in [1.807, 2.05) is 12.1 Å². The highest BCUT2D eigenvalue weighted by Crippen LogP contribution is 2.34. The Hall–Kier alpha value is -0.730. The lowest BCUT2D eigenvalue weighted by Crippen LogP contribution is -2.19. The number of ether oxygens (including phenoxy) is 1. The van der Waals surface area contributed by atoms with Gasteiger partial charge in [-0.2, -0.15) is 0 Å². The number of hydrogen-bond donors (Lipinski definition) is 1. The minimum Gasteiger partial charge on any atom is -0.493 e. The van der Waals surface area contributed by atoms with Crippen LogP contribution in [0.15, 0.2) is 12.1 Å². The summed E-state index contributed by atoms with van der Waals surface area (Å²) in [5.74, 6) is 0.937. The molecule has 1 aromatic carbocycles. The van der Waals surface area contributed by atoms with Crippen molar-refractivity contribution in [3.63, 3.8) is 0 Å². The predicted molar refractivity (Wildman–Crippen MR) is 74.4 cm³/mol. The SMILES string of the molecule is CC(C)(C)CC(O)Cc1cc(Cl)cc2c1OCC2. The van der Waals surface area contributed by atoms with Crippen LogP contribution in [0.5, 0.6) is 5.75 Å². The van der Waals surface area contributed by atoms with Gasteiger partial charge in [0, 0.05) is 17.9 Å². The van der Waals surface area contributed by atoms with Gasteiger partial charge in [-0.15, -0.1) is 0 Å². The Labute approximate surface area is 114 Å². The fourth-order valence-electron chi connectivity index (χ4n) is 2.53. The van der Waals surface area contributed by atoms with Crippen molar-refractivity contribution in [2.75, 3.05) is 6.61 Å². The average molecular weight is 269 g/mol. The van der Waals surface area contributed by atoms with E-state index >= 15 is 0 Å². The van der Waals surface area contributed by atoms with Crippen molar-refractivity contribution in [3.05, 3.63) is 28.3 Å². The fourth-order valence-corrected chi connectivity index (χ4v) is 2.79. The Morgan fingerprint density at radius 3 is 2.78 bits per heavy atom. The van der Waals surface area contributed by atoms with Gasteiger partial charge in [0.15, 0.2) is 0 Å². The molecule has 100 valence electrons. The van der Waals surface area contributed by atoms with Crippen molar-refractivity contribution in [1.29, 1.82) is 0 Å². The number of aliphatic hydroxyl groups is 1. The Morgan fingerprint density at radius 2 is 2.11 bits per heavy atom. The van der Waals surface area contributed by atoms with E-state index in [0.29, 0.717) is 6.42 Å². The molecule has 0 aromatic heterocycles. The first-order chi connectivity index (χ1) is 8.35. The molecule has 1 aromatic rings. The summed E-state index contributed by atoms with van der Waals surface area (Å²) in [5.41, 5.74) is 2.33. The molecule has 0 radical (unpaired) electrons. The van der Waals surface area contributed by atoms with Gasteiger partial charge in [-0.05, 0) is 35.1 Å². The molecular formula is C15H21ClO2. The van der Waals surface area contributed by atoms with Crippen LogP contribution in [-0.4, -0.2) is 17.8 Å². The molecule has 1 N–H and O–H groups in total. The van der Waals surface area contributed by atoms with Crippen LogP contribution in [-0.2, 0) is 12.8 Å². The van der Waals surface area contributed by atoms with Crippen LogP contribution in [0.2, 0.25) is 5.02 Å². The third-order valence-corrected chi connectivity index (χ3v) is 3.35. The first-order valence-corrected chi connectivity index (χ1v) is 6.85. The molecule has 1 heterocycles. The molecule has 2 nitrogen and oxygen atoms in total. The lowest BCUT2D eigenvalue weighted by Gasteiger charge is -2.23. The van der Waals surface area contributed by atoms with Gasteiger partial charge in [-0.3, -0.25) is 0 Å². The summed E-state index contributed by atoms with van der Waals surface area (Å²) in [6.07, 6.45) is 1.95. The monoisotopic (exact) mass is 268 g/mol. The molecule has 0 aliphatic carbocycles. The molecule has 0 saturated heterocycles. The highest BCUT2D eigenvalue weighted by Gasteiger charge is 2.22. The quantitative estimate of drug-likeness (QED) is 0.907. The molecular weight excluding hydrogens is 248 g/mol. The second kappa shape index (κ2) is 5.10. The maximum Gasteiger partial charge on any atom is 0.126 e. The average Bonchev–Trinajstić information content (AvgIpc) is 2.61. The molecule has 1 aliphatic heterocycles. The zero-order valence-electron chi connectivity index (χ0n) is 11.3. The van der Waals surface area contributed by atoms with E-state index in [0.717, 1.165) is 35.8 Å². The van der Waals surface area contributed by atoms with Crippen molar-refractivity contribution in [1.82, 2.24) is 0 Å². The summed E-state index contributed by atoms with van der Waals surface area (Å²) < 4.78 is 5.65. The second-order valence-corrected chi connectivity index (χ2v) is 6.71. The van der Waals surface area contributed by atoms with Gasteiger partial charge in [-0.1, -0.05) is 32.4 Å². The lowest BCUT2D eigenvalue weighted by atomic mass is 9.87. The zero-order valence-corrected chi connectivity index (χ0v) is 12.0. The van der Waals surface area contributed by atoms with E-state index in [-0.39, 0.29) is 11.5 Å². The standard InChI is InChI=1S/C15H21ClO2/c1-15(2,3)9-13(17)8-11-7-12(16)6-10-4-5-18-14(10)11/h6-7,13,17H,4-5,8-9H2,1-3H3. The summed E-state index contributed by atoms with van der Waals surface area (Å²) in [6, 6.07) is 3.88. The lowest BCUT2D eigenvalue weighted by molar-refractivity contribution is 0.121. The van der Waals surface area contributed by atoms with Crippen molar-refractivity contribution >= 4 is 11.6 Å². The van der Waals surface area contributed by atoms with Gasteiger partial charge >= 0.3 is 0 Å². The van der Waals surface area contributed by atoms with E-state index in [1.165, 1.54) is 5.56 Å². The minimum atomic E-state index is -0.350. The van der Waals surface area contributed by atoms with Gasteiger partial charge in [0.05, 0.1) is 12.7 Å². The first-order valence-electron chi connectivity index (χ1n) is 6.47. The number of benzene rings is 1. The Bertz CT molecular complexity index is 435. The molecule has 1 atom stereocenters. The number of hydrogen-bond acceptors (Lipinski definition) is 2. The Kier molecular flexibility index (Phi) is 3.88. The molecule has 3 heteroatoms. The predicted octanol–water partition coefficient (Wildman–Crippen LogP) is 3.61. The second-order valence-electron chi connectivity index (χ2n) is 6.27. The van der Waals surface area contributed by atoms with Crippen LogP contribution in [0.4, 0.5) is 0 Å². The van der Waals surface area contributed by atoms with E-state index in [9.17, 15) is 5.11 Å². The van der Waals surface area contributed by atoms with Gasteiger partial charge in [-0.25, -0.2) is 0 Å². The van der Waals surface area contributed by atoms with Crippen LogP contribution in [0, 0.1) is 5.41 Å².